The summed E-state index contributed by atoms with van der Waals surface area (Å²) in [6, 6.07) is 0. The Morgan fingerprint density at radius 2 is 2.23 bits per heavy atom. The van der Waals surface area contributed by atoms with Crippen molar-refractivity contribution >= 4 is 5.97 Å². The molecule has 1 aliphatic heterocycles. The molecule has 0 radical (unpaired) electrons. The third kappa shape index (κ3) is 1.57. The molecule has 3 atom stereocenters. The molecule has 0 aromatic heterocycles. The van der Waals surface area contributed by atoms with Crippen LogP contribution >= 0.6 is 0 Å². The van der Waals surface area contributed by atoms with Crippen molar-refractivity contribution in [3.8, 4) is 0 Å². The van der Waals surface area contributed by atoms with Gasteiger partial charge in [0.2, 0.25) is 0 Å². The molecule has 74 valence electrons. The normalized spacial score (nSPS) is 38.5. The van der Waals surface area contributed by atoms with E-state index >= 15 is 0 Å². The van der Waals surface area contributed by atoms with Gasteiger partial charge in [-0.05, 0) is 12.8 Å². The molecule has 1 saturated heterocycles. The standard InChI is InChI=1S/C10H16O3/c1-12-6-9-7-4-2-3-5-8(7)10(11)13-9/h7-9H,2-6H2,1H3. The Kier molecular flexibility index (Phi) is 2.54. The van der Waals surface area contributed by atoms with Crippen LogP contribution in [-0.2, 0) is 14.3 Å². The number of cyclic esters (lactones) is 1. The predicted molar refractivity (Wildman–Crippen MR) is 47.2 cm³/mol. The highest BCUT2D eigenvalue weighted by Crippen LogP contribution is 2.39. The number of rotatable bonds is 2. The Labute approximate surface area is 78.4 Å². The van der Waals surface area contributed by atoms with E-state index < -0.39 is 0 Å². The van der Waals surface area contributed by atoms with E-state index in [0.717, 1.165) is 12.8 Å². The molecule has 0 aromatic carbocycles. The highest BCUT2D eigenvalue weighted by Gasteiger charge is 2.45. The van der Waals surface area contributed by atoms with Gasteiger partial charge in [0, 0.05) is 13.0 Å². The Balaban J connectivity index is 2.04. The summed E-state index contributed by atoms with van der Waals surface area (Å²) in [6.45, 7) is 0.562. The monoisotopic (exact) mass is 184 g/mol. The van der Waals surface area contributed by atoms with Crippen molar-refractivity contribution in [3.05, 3.63) is 0 Å². The molecule has 0 bridgehead atoms. The Morgan fingerprint density at radius 3 is 3.00 bits per heavy atom. The first-order valence-electron chi connectivity index (χ1n) is 5.02. The molecule has 0 N–H and O–H groups in total. The first-order valence-corrected chi connectivity index (χ1v) is 5.02. The Bertz CT molecular complexity index is 202. The summed E-state index contributed by atoms with van der Waals surface area (Å²) in [5, 5.41) is 0. The lowest BCUT2D eigenvalue weighted by Crippen LogP contribution is -2.27. The average Bonchev–Trinajstić information content (AvgIpc) is 2.46. The van der Waals surface area contributed by atoms with Crippen LogP contribution in [0.5, 0.6) is 0 Å². The van der Waals surface area contributed by atoms with Crippen LogP contribution in [0.15, 0.2) is 0 Å². The zero-order valence-electron chi connectivity index (χ0n) is 7.99. The number of methoxy groups -OCH3 is 1. The van der Waals surface area contributed by atoms with Crippen molar-refractivity contribution in [1.82, 2.24) is 0 Å². The molecule has 3 unspecified atom stereocenters. The van der Waals surface area contributed by atoms with E-state index in [2.05, 4.69) is 0 Å². The summed E-state index contributed by atoms with van der Waals surface area (Å²) >= 11 is 0. The summed E-state index contributed by atoms with van der Waals surface area (Å²) in [5.41, 5.74) is 0. The quantitative estimate of drug-likeness (QED) is 0.608. The van der Waals surface area contributed by atoms with E-state index in [0.29, 0.717) is 12.5 Å². The van der Waals surface area contributed by atoms with Crippen LogP contribution < -0.4 is 0 Å². The first kappa shape index (κ1) is 9.00. The molecule has 0 spiro atoms. The minimum absolute atomic E-state index is 0.00625. The highest BCUT2D eigenvalue weighted by atomic mass is 16.6. The molecule has 2 rings (SSSR count). The third-order valence-corrected chi connectivity index (χ3v) is 3.20. The van der Waals surface area contributed by atoms with Gasteiger partial charge < -0.3 is 9.47 Å². The fourth-order valence-corrected chi connectivity index (χ4v) is 2.54. The third-order valence-electron chi connectivity index (χ3n) is 3.20. The van der Waals surface area contributed by atoms with Gasteiger partial charge in [0.1, 0.15) is 6.10 Å². The van der Waals surface area contributed by atoms with Gasteiger partial charge in [0.05, 0.1) is 12.5 Å². The molecule has 3 nitrogen and oxygen atoms in total. The van der Waals surface area contributed by atoms with Crippen LogP contribution in [0.2, 0.25) is 0 Å². The highest BCUT2D eigenvalue weighted by molar-refractivity contribution is 5.75. The van der Waals surface area contributed by atoms with E-state index in [-0.39, 0.29) is 18.0 Å². The summed E-state index contributed by atoms with van der Waals surface area (Å²) in [5.74, 6) is 0.613. The number of ether oxygens (including phenoxy) is 2. The maximum atomic E-state index is 11.4. The number of carbonyl (C=O) groups excluding carboxylic acids is 1. The van der Waals surface area contributed by atoms with Gasteiger partial charge in [-0.1, -0.05) is 12.8 Å². The molecular formula is C10H16O3. The van der Waals surface area contributed by atoms with E-state index in [1.807, 2.05) is 0 Å². The molecule has 3 heteroatoms. The van der Waals surface area contributed by atoms with Crippen LogP contribution in [0.3, 0.4) is 0 Å². The SMILES string of the molecule is COCC1OC(=O)C2CCCCC12. The lowest BCUT2D eigenvalue weighted by Gasteiger charge is -2.24. The molecule has 2 aliphatic rings. The maximum absolute atomic E-state index is 11.4. The molecule has 1 saturated carbocycles. The zero-order valence-corrected chi connectivity index (χ0v) is 7.99. The molecule has 2 fully saturated rings. The van der Waals surface area contributed by atoms with E-state index in [9.17, 15) is 4.79 Å². The van der Waals surface area contributed by atoms with Gasteiger partial charge in [-0.25, -0.2) is 0 Å². The molecular weight excluding hydrogens is 168 g/mol. The number of esters is 1. The molecule has 1 heterocycles. The van der Waals surface area contributed by atoms with Crippen molar-refractivity contribution in [2.45, 2.75) is 31.8 Å². The van der Waals surface area contributed by atoms with Crippen LogP contribution in [0.25, 0.3) is 0 Å². The van der Waals surface area contributed by atoms with Crippen molar-refractivity contribution < 1.29 is 14.3 Å². The van der Waals surface area contributed by atoms with E-state index in [1.54, 1.807) is 7.11 Å². The van der Waals surface area contributed by atoms with Crippen LogP contribution in [0.1, 0.15) is 25.7 Å². The zero-order chi connectivity index (χ0) is 9.26. The Morgan fingerprint density at radius 1 is 1.46 bits per heavy atom. The van der Waals surface area contributed by atoms with Crippen LogP contribution in [0.4, 0.5) is 0 Å². The fourth-order valence-electron chi connectivity index (χ4n) is 2.54. The summed E-state index contributed by atoms with van der Waals surface area (Å²) in [6.07, 6.45) is 4.59. The van der Waals surface area contributed by atoms with Gasteiger partial charge in [0.15, 0.2) is 0 Å². The van der Waals surface area contributed by atoms with Crippen molar-refractivity contribution in [3.63, 3.8) is 0 Å². The largest absolute Gasteiger partial charge is 0.459 e. The minimum Gasteiger partial charge on any atom is -0.459 e. The number of carbonyl (C=O) groups is 1. The average molecular weight is 184 g/mol. The lowest BCUT2D eigenvalue weighted by atomic mass is 9.78. The number of hydrogen-bond donors (Lipinski definition) is 0. The van der Waals surface area contributed by atoms with Crippen molar-refractivity contribution in [2.24, 2.45) is 11.8 Å². The Hall–Kier alpha value is -0.570. The van der Waals surface area contributed by atoms with Crippen molar-refractivity contribution in [2.75, 3.05) is 13.7 Å². The van der Waals surface area contributed by atoms with E-state index in [4.69, 9.17) is 9.47 Å². The van der Waals surface area contributed by atoms with Gasteiger partial charge in [-0.15, -0.1) is 0 Å². The number of hydrogen-bond acceptors (Lipinski definition) is 3. The fraction of sp³-hybridized carbons (Fsp3) is 0.900. The summed E-state index contributed by atoms with van der Waals surface area (Å²) < 4.78 is 10.3. The minimum atomic E-state index is 0.00625. The molecule has 13 heavy (non-hydrogen) atoms. The van der Waals surface area contributed by atoms with Crippen molar-refractivity contribution in [1.29, 1.82) is 0 Å². The smallest absolute Gasteiger partial charge is 0.309 e. The first-order chi connectivity index (χ1) is 6.33. The number of fused-ring (bicyclic) bond motifs is 1. The predicted octanol–water partition coefficient (Wildman–Crippen LogP) is 1.36. The van der Waals surface area contributed by atoms with Gasteiger partial charge in [-0.2, -0.15) is 0 Å². The molecule has 0 amide bonds. The lowest BCUT2D eigenvalue weighted by molar-refractivity contribution is -0.145. The van der Waals surface area contributed by atoms with Crippen LogP contribution in [-0.4, -0.2) is 25.8 Å². The topological polar surface area (TPSA) is 35.5 Å². The second kappa shape index (κ2) is 3.66. The molecule has 0 aromatic rings. The summed E-state index contributed by atoms with van der Waals surface area (Å²) in [7, 11) is 1.66. The van der Waals surface area contributed by atoms with E-state index in [1.165, 1.54) is 12.8 Å². The molecule has 1 aliphatic carbocycles. The van der Waals surface area contributed by atoms with Gasteiger partial charge >= 0.3 is 5.97 Å². The van der Waals surface area contributed by atoms with Gasteiger partial charge in [-0.3, -0.25) is 4.79 Å². The maximum Gasteiger partial charge on any atom is 0.309 e. The summed E-state index contributed by atoms with van der Waals surface area (Å²) in [4.78, 5) is 11.4. The second-order valence-electron chi connectivity index (χ2n) is 3.99. The van der Waals surface area contributed by atoms with Crippen LogP contribution in [0, 0.1) is 11.8 Å². The second-order valence-corrected chi connectivity index (χ2v) is 3.99. The van der Waals surface area contributed by atoms with Gasteiger partial charge in [0.25, 0.3) is 0 Å².